The molecule has 3 heteroatoms. The molecule has 1 unspecified atom stereocenters. The van der Waals surface area contributed by atoms with Crippen molar-refractivity contribution in [1.82, 2.24) is 5.32 Å². The Morgan fingerprint density at radius 3 is 2.74 bits per heavy atom. The van der Waals surface area contributed by atoms with Crippen LogP contribution in [0.25, 0.3) is 0 Å². The van der Waals surface area contributed by atoms with Crippen molar-refractivity contribution in [2.75, 3.05) is 19.8 Å². The highest BCUT2D eigenvalue weighted by Gasteiger charge is 2.20. The van der Waals surface area contributed by atoms with Gasteiger partial charge in [0.25, 0.3) is 0 Å². The Balaban J connectivity index is 2.07. The van der Waals surface area contributed by atoms with E-state index in [9.17, 15) is 0 Å². The number of ether oxygens (including phenoxy) is 1. The number of hydrogen-bond acceptors (Lipinski definition) is 2. The largest absolute Gasteiger partial charge is 0.381 e. The summed E-state index contributed by atoms with van der Waals surface area (Å²) in [5, 5.41) is 3.64. The van der Waals surface area contributed by atoms with Crippen LogP contribution in [0.3, 0.4) is 0 Å². The van der Waals surface area contributed by atoms with Gasteiger partial charge < -0.3 is 10.1 Å². The Bertz CT molecular complexity index is 402. The number of aryl methyl sites for hydroxylation is 1. The first-order valence-electron chi connectivity index (χ1n) is 7.28. The molecule has 0 saturated carbocycles. The minimum absolute atomic E-state index is 0.472. The van der Waals surface area contributed by atoms with Crippen LogP contribution < -0.4 is 5.32 Å². The predicted octanol–water partition coefficient (Wildman–Crippen LogP) is 4.22. The molecular formula is C16H24BrNO. The van der Waals surface area contributed by atoms with Crippen LogP contribution in [-0.4, -0.2) is 19.8 Å². The first kappa shape index (κ1) is 15.0. The van der Waals surface area contributed by atoms with E-state index in [1.807, 2.05) is 0 Å². The highest BCUT2D eigenvalue weighted by molar-refractivity contribution is 9.10. The zero-order valence-corrected chi connectivity index (χ0v) is 13.5. The average molecular weight is 326 g/mol. The van der Waals surface area contributed by atoms with Crippen molar-refractivity contribution in [2.45, 2.75) is 39.2 Å². The molecule has 1 aliphatic rings. The lowest BCUT2D eigenvalue weighted by Crippen LogP contribution is -2.26. The lowest BCUT2D eigenvalue weighted by Gasteiger charge is -2.27. The molecule has 1 fully saturated rings. The van der Waals surface area contributed by atoms with Gasteiger partial charge in [0.1, 0.15) is 0 Å². The Kier molecular flexibility index (Phi) is 5.86. The second kappa shape index (κ2) is 7.41. The van der Waals surface area contributed by atoms with Gasteiger partial charge in [-0.15, -0.1) is 0 Å². The number of benzene rings is 1. The Labute approximate surface area is 125 Å². The Morgan fingerprint density at radius 2 is 2.11 bits per heavy atom. The fourth-order valence-electron chi connectivity index (χ4n) is 2.78. The molecule has 0 aliphatic carbocycles. The van der Waals surface area contributed by atoms with Gasteiger partial charge in [-0.2, -0.15) is 0 Å². The van der Waals surface area contributed by atoms with Gasteiger partial charge in [-0.3, -0.25) is 0 Å². The van der Waals surface area contributed by atoms with E-state index in [4.69, 9.17) is 4.74 Å². The fourth-order valence-corrected chi connectivity index (χ4v) is 3.03. The standard InChI is InChI=1S/C16H24BrNO/c1-3-18-16(11-13-6-8-19-9-7-13)14-4-5-15(17)12(2)10-14/h4-5,10,13,16,18H,3,6-9,11H2,1-2H3. The third kappa shape index (κ3) is 4.30. The second-order valence-corrected chi connectivity index (χ2v) is 6.26. The summed E-state index contributed by atoms with van der Waals surface area (Å²) < 4.78 is 6.65. The number of rotatable bonds is 5. The minimum Gasteiger partial charge on any atom is -0.381 e. The van der Waals surface area contributed by atoms with E-state index in [0.29, 0.717) is 6.04 Å². The van der Waals surface area contributed by atoms with Crippen LogP contribution in [0.15, 0.2) is 22.7 Å². The summed E-state index contributed by atoms with van der Waals surface area (Å²) >= 11 is 3.58. The molecule has 0 spiro atoms. The first-order valence-corrected chi connectivity index (χ1v) is 8.07. The molecule has 1 aromatic rings. The number of hydrogen-bond donors (Lipinski definition) is 1. The van der Waals surface area contributed by atoms with E-state index >= 15 is 0 Å². The number of halogens is 1. The molecule has 106 valence electrons. The van der Waals surface area contributed by atoms with Crippen LogP contribution in [-0.2, 0) is 4.74 Å². The molecule has 1 saturated heterocycles. The van der Waals surface area contributed by atoms with Gasteiger partial charge in [0, 0.05) is 23.7 Å². The van der Waals surface area contributed by atoms with Crippen LogP contribution in [0.1, 0.15) is 43.4 Å². The quantitative estimate of drug-likeness (QED) is 0.874. The fraction of sp³-hybridized carbons (Fsp3) is 0.625. The van der Waals surface area contributed by atoms with E-state index in [1.165, 1.54) is 34.9 Å². The van der Waals surface area contributed by atoms with Crippen LogP contribution >= 0.6 is 15.9 Å². The van der Waals surface area contributed by atoms with Crippen molar-refractivity contribution in [2.24, 2.45) is 5.92 Å². The van der Waals surface area contributed by atoms with Crippen molar-refractivity contribution in [3.8, 4) is 0 Å². The summed E-state index contributed by atoms with van der Waals surface area (Å²) in [5.74, 6) is 0.793. The summed E-state index contributed by atoms with van der Waals surface area (Å²) in [6.07, 6.45) is 3.63. The van der Waals surface area contributed by atoms with E-state index in [1.54, 1.807) is 0 Å². The van der Waals surface area contributed by atoms with Gasteiger partial charge in [-0.1, -0.05) is 35.0 Å². The molecular weight excluding hydrogens is 302 g/mol. The molecule has 2 nitrogen and oxygen atoms in total. The molecule has 19 heavy (non-hydrogen) atoms. The SMILES string of the molecule is CCNC(CC1CCOCC1)c1ccc(Br)c(C)c1. The minimum atomic E-state index is 0.472. The summed E-state index contributed by atoms with van der Waals surface area (Å²) in [6.45, 7) is 7.22. The summed E-state index contributed by atoms with van der Waals surface area (Å²) in [7, 11) is 0. The Hall–Kier alpha value is -0.380. The molecule has 1 aliphatic heterocycles. The van der Waals surface area contributed by atoms with Gasteiger partial charge in [0.05, 0.1) is 0 Å². The topological polar surface area (TPSA) is 21.3 Å². The summed E-state index contributed by atoms with van der Waals surface area (Å²) in [5.41, 5.74) is 2.72. The molecule has 1 heterocycles. The molecule has 1 N–H and O–H groups in total. The van der Waals surface area contributed by atoms with Crippen LogP contribution in [0, 0.1) is 12.8 Å². The maximum Gasteiger partial charge on any atom is 0.0468 e. The average Bonchev–Trinajstić information content (AvgIpc) is 2.43. The molecule has 0 aromatic heterocycles. The van der Waals surface area contributed by atoms with Gasteiger partial charge in [0.15, 0.2) is 0 Å². The second-order valence-electron chi connectivity index (χ2n) is 5.41. The predicted molar refractivity (Wildman–Crippen MR) is 83.5 cm³/mol. The molecule has 0 amide bonds. The first-order chi connectivity index (χ1) is 9.20. The van der Waals surface area contributed by atoms with Crippen molar-refractivity contribution in [3.63, 3.8) is 0 Å². The molecule has 2 rings (SSSR count). The highest BCUT2D eigenvalue weighted by Crippen LogP contribution is 2.29. The summed E-state index contributed by atoms with van der Waals surface area (Å²) in [4.78, 5) is 0. The van der Waals surface area contributed by atoms with Crippen LogP contribution in [0.2, 0.25) is 0 Å². The maximum atomic E-state index is 5.46. The van der Waals surface area contributed by atoms with Crippen LogP contribution in [0.4, 0.5) is 0 Å². The molecule has 1 aromatic carbocycles. The summed E-state index contributed by atoms with van der Waals surface area (Å²) in [6, 6.07) is 7.18. The van der Waals surface area contributed by atoms with E-state index in [0.717, 1.165) is 25.7 Å². The molecule has 0 bridgehead atoms. The maximum absolute atomic E-state index is 5.46. The Morgan fingerprint density at radius 1 is 1.37 bits per heavy atom. The smallest absolute Gasteiger partial charge is 0.0468 e. The van der Waals surface area contributed by atoms with Gasteiger partial charge in [-0.05, 0) is 55.8 Å². The molecule has 0 radical (unpaired) electrons. The molecule has 1 atom stereocenters. The van der Waals surface area contributed by atoms with Crippen LogP contribution in [0.5, 0.6) is 0 Å². The monoisotopic (exact) mass is 325 g/mol. The lowest BCUT2D eigenvalue weighted by atomic mass is 9.89. The van der Waals surface area contributed by atoms with E-state index in [-0.39, 0.29) is 0 Å². The van der Waals surface area contributed by atoms with Gasteiger partial charge >= 0.3 is 0 Å². The van der Waals surface area contributed by atoms with Crippen molar-refractivity contribution in [3.05, 3.63) is 33.8 Å². The zero-order valence-electron chi connectivity index (χ0n) is 11.9. The highest BCUT2D eigenvalue weighted by atomic mass is 79.9. The third-order valence-corrected chi connectivity index (χ3v) is 4.83. The number of nitrogens with one attached hydrogen (secondary N) is 1. The third-order valence-electron chi connectivity index (χ3n) is 3.94. The normalized spacial score (nSPS) is 18.5. The van der Waals surface area contributed by atoms with Crippen molar-refractivity contribution < 1.29 is 4.74 Å². The van der Waals surface area contributed by atoms with E-state index < -0.39 is 0 Å². The van der Waals surface area contributed by atoms with Crippen molar-refractivity contribution >= 4 is 15.9 Å². The lowest BCUT2D eigenvalue weighted by molar-refractivity contribution is 0.0606. The van der Waals surface area contributed by atoms with Gasteiger partial charge in [-0.25, -0.2) is 0 Å². The van der Waals surface area contributed by atoms with Gasteiger partial charge in [0.2, 0.25) is 0 Å². The van der Waals surface area contributed by atoms with E-state index in [2.05, 4.69) is 53.3 Å². The van der Waals surface area contributed by atoms with Crippen molar-refractivity contribution in [1.29, 1.82) is 0 Å². The zero-order chi connectivity index (χ0) is 13.7.